The fourth-order valence-corrected chi connectivity index (χ4v) is 3.60. The van der Waals surface area contributed by atoms with Crippen molar-refractivity contribution in [3.8, 4) is 0 Å². The molecule has 0 bridgehead atoms. The van der Waals surface area contributed by atoms with Crippen LogP contribution < -0.4 is 10.6 Å². The Labute approximate surface area is 171 Å². The summed E-state index contributed by atoms with van der Waals surface area (Å²) in [4.78, 5) is 13.0. The number of nitrogens with one attached hydrogen (secondary N) is 3. The summed E-state index contributed by atoms with van der Waals surface area (Å²) in [6, 6.07) is 20.5. The maximum Gasteiger partial charge on any atom is 0.272 e. The van der Waals surface area contributed by atoms with Crippen LogP contribution in [-0.4, -0.2) is 22.6 Å². The first-order chi connectivity index (χ1) is 13.3. The van der Waals surface area contributed by atoms with Gasteiger partial charge in [-0.1, -0.05) is 60.7 Å². The molecule has 0 saturated heterocycles. The summed E-state index contributed by atoms with van der Waals surface area (Å²) in [6.45, 7) is 1.61. The van der Waals surface area contributed by atoms with E-state index in [1.165, 1.54) is 5.56 Å². The number of aromatic nitrogens is 2. The number of aromatic amines is 1. The van der Waals surface area contributed by atoms with E-state index < -0.39 is 0 Å². The van der Waals surface area contributed by atoms with Crippen molar-refractivity contribution in [2.24, 2.45) is 0 Å². The number of nitrogens with zero attached hydrogens (tertiary/aromatic N) is 1. The normalized spacial score (nSPS) is 13.9. The fourth-order valence-electron chi connectivity index (χ4n) is 3.60. The smallest absolute Gasteiger partial charge is 0.272 e. The van der Waals surface area contributed by atoms with Gasteiger partial charge in [0.05, 0.1) is 6.04 Å². The number of carbonyl (C=O) groups is 1. The molecule has 28 heavy (non-hydrogen) atoms. The van der Waals surface area contributed by atoms with Gasteiger partial charge in [0.25, 0.3) is 5.91 Å². The lowest BCUT2D eigenvalue weighted by molar-refractivity contribution is 0.0928. The second-order valence-corrected chi connectivity index (χ2v) is 6.92. The molecule has 2 heterocycles. The third-order valence-corrected chi connectivity index (χ3v) is 5.09. The molecule has 146 valence electrons. The average molecular weight is 397 g/mol. The Morgan fingerprint density at radius 2 is 1.79 bits per heavy atom. The molecule has 0 fully saturated rings. The lowest BCUT2D eigenvalue weighted by Gasteiger charge is -2.20. The molecule has 3 N–H and O–H groups in total. The number of carbonyl (C=O) groups excluding carboxylic acids is 1. The Morgan fingerprint density at radius 3 is 2.54 bits per heavy atom. The second-order valence-electron chi connectivity index (χ2n) is 6.92. The summed E-state index contributed by atoms with van der Waals surface area (Å²) in [5.41, 5.74) is 4.96. The number of fused-ring (bicyclic) bond motifs is 1. The van der Waals surface area contributed by atoms with Crippen molar-refractivity contribution in [2.75, 3.05) is 6.54 Å². The summed E-state index contributed by atoms with van der Waals surface area (Å²) in [5.74, 6) is -0.113. The van der Waals surface area contributed by atoms with Crippen LogP contribution in [0.25, 0.3) is 0 Å². The number of rotatable bonds is 6. The van der Waals surface area contributed by atoms with Crippen molar-refractivity contribution >= 4 is 18.3 Å². The van der Waals surface area contributed by atoms with Crippen LogP contribution in [0, 0.1) is 0 Å². The summed E-state index contributed by atoms with van der Waals surface area (Å²) < 4.78 is 0. The molecular formula is C22H25ClN4O. The van der Waals surface area contributed by atoms with Crippen molar-refractivity contribution in [1.82, 2.24) is 20.8 Å². The van der Waals surface area contributed by atoms with Crippen molar-refractivity contribution in [3.63, 3.8) is 0 Å². The van der Waals surface area contributed by atoms with Crippen LogP contribution in [0.5, 0.6) is 0 Å². The molecule has 4 rings (SSSR count). The Bertz CT molecular complexity index is 895. The molecule has 5 nitrogen and oxygen atoms in total. The van der Waals surface area contributed by atoms with Gasteiger partial charge in [-0.2, -0.15) is 5.10 Å². The molecule has 0 aliphatic carbocycles. The average Bonchev–Trinajstić information content (AvgIpc) is 3.17. The van der Waals surface area contributed by atoms with Gasteiger partial charge in [-0.05, 0) is 24.0 Å². The van der Waals surface area contributed by atoms with Crippen molar-refractivity contribution in [2.45, 2.75) is 31.8 Å². The molecule has 1 aliphatic heterocycles. The highest BCUT2D eigenvalue weighted by Crippen LogP contribution is 2.21. The number of amides is 1. The minimum Gasteiger partial charge on any atom is -0.344 e. The molecule has 6 heteroatoms. The van der Waals surface area contributed by atoms with Gasteiger partial charge in [0.15, 0.2) is 5.69 Å². The van der Waals surface area contributed by atoms with Crippen LogP contribution in [0.3, 0.4) is 0 Å². The predicted octanol–water partition coefficient (Wildman–Crippen LogP) is 3.58. The van der Waals surface area contributed by atoms with Gasteiger partial charge in [-0.25, -0.2) is 0 Å². The molecule has 0 saturated carbocycles. The standard InChI is InChI=1S/C22H24N4O.ClH/c27-22(21-18-15-23-14-13-20(18)25-26-21)24-19(17-9-5-2-6-10-17)12-11-16-7-3-1-4-8-16;/h1-10,19,23H,11-15H2,(H,24,27)(H,25,26);1H. The summed E-state index contributed by atoms with van der Waals surface area (Å²) in [6.07, 6.45) is 2.62. The first kappa shape index (κ1) is 20.1. The van der Waals surface area contributed by atoms with E-state index in [1.54, 1.807) is 0 Å². The third-order valence-electron chi connectivity index (χ3n) is 5.09. The fraction of sp³-hybridized carbons (Fsp3) is 0.273. The van der Waals surface area contributed by atoms with Crippen molar-refractivity contribution in [1.29, 1.82) is 0 Å². The van der Waals surface area contributed by atoms with Gasteiger partial charge in [0.1, 0.15) is 0 Å². The molecule has 0 spiro atoms. The number of halogens is 1. The Balaban J connectivity index is 0.00000225. The monoisotopic (exact) mass is 396 g/mol. The van der Waals surface area contributed by atoms with E-state index in [2.05, 4.69) is 57.2 Å². The van der Waals surface area contributed by atoms with Crippen LogP contribution in [0.1, 0.15) is 45.3 Å². The van der Waals surface area contributed by atoms with E-state index in [4.69, 9.17) is 0 Å². The summed E-state index contributed by atoms with van der Waals surface area (Å²) >= 11 is 0. The minimum absolute atomic E-state index is 0. The number of aryl methyl sites for hydroxylation is 1. The first-order valence-electron chi connectivity index (χ1n) is 9.48. The Hall–Kier alpha value is -2.63. The molecule has 2 aromatic carbocycles. The lowest BCUT2D eigenvalue weighted by Crippen LogP contribution is -2.31. The molecule has 1 atom stereocenters. The summed E-state index contributed by atoms with van der Waals surface area (Å²) in [5, 5.41) is 13.8. The zero-order valence-corrected chi connectivity index (χ0v) is 16.5. The van der Waals surface area contributed by atoms with E-state index in [0.717, 1.165) is 42.6 Å². The number of hydrogen-bond acceptors (Lipinski definition) is 3. The third kappa shape index (κ3) is 4.61. The SMILES string of the molecule is Cl.O=C(NC(CCc1ccccc1)c1ccccc1)c1n[nH]c2c1CNCC2. The summed E-state index contributed by atoms with van der Waals surface area (Å²) in [7, 11) is 0. The second kappa shape index (κ2) is 9.53. The van der Waals surface area contributed by atoms with E-state index in [-0.39, 0.29) is 24.4 Å². The van der Waals surface area contributed by atoms with E-state index in [1.807, 2.05) is 24.3 Å². The van der Waals surface area contributed by atoms with E-state index in [9.17, 15) is 4.79 Å². The van der Waals surface area contributed by atoms with Crippen LogP contribution in [0.2, 0.25) is 0 Å². The molecule has 0 radical (unpaired) electrons. The molecule has 1 aromatic heterocycles. The maximum atomic E-state index is 13.0. The first-order valence-corrected chi connectivity index (χ1v) is 9.48. The zero-order chi connectivity index (χ0) is 18.5. The quantitative estimate of drug-likeness (QED) is 0.596. The predicted molar refractivity (Wildman–Crippen MR) is 113 cm³/mol. The van der Waals surface area contributed by atoms with Gasteiger partial charge in [-0.15, -0.1) is 12.4 Å². The topological polar surface area (TPSA) is 69.8 Å². The van der Waals surface area contributed by atoms with Crippen molar-refractivity contribution in [3.05, 3.63) is 88.7 Å². The van der Waals surface area contributed by atoms with Crippen molar-refractivity contribution < 1.29 is 4.79 Å². The van der Waals surface area contributed by atoms with Gasteiger partial charge in [-0.3, -0.25) is 9.89 Å². The largest absolute Gasteiger partial charge is 0.344 e. The van der Waals surface area contributed by atoms with Gasteiger partial charge >= 0.3 is 0 Å². The van der Waals surface area contributed by atoms with E-state index >= 15 is 0 Å². The van der Waals surface area contributed by atoms with Crippen LogP contribution >= 0.6 is 12.4 Å². The number of benzene rings is 2. The molecule has 1 unspecified atom stereocenters. The molecule has 3 aromatic rings. The zero-order valence-electron chi connectivity index (χ0n) is 15.7. The highest BCUT2D eigenvalue weighted by atomic mass is 35.5. The van der Waals surface area contributed by atoms with Gasteiger partial charge in [0.2, 0.25) is 0 Å². The van der Waals surface area contributed by atoms with Crippen LogP contribution in [0.4, 0.5) is 0 Å². The van der Waals surface area contributed by atoms with E-state index in [0.29, 0.717) is 12.2 Å². The minimum atomic E-state index is -0.113. The van der Waals surface area contributed by atoms with Gasteiger partial charge < -0.3 is 10.6 Å². The Morgan fingerprint density at radius 1 is 1.07 bits per heavy atom. The molecular weight excluding hydrogens is 372 g/mol. The highest BCUT2D eigenvalue weighted by molar-refractivity contribution is 5.94. The number of H-pyrrole nitrogens is 1. The maximum absolute atomic E-state index is 13.0. The number of hydrogen-bond donors (Lipinski definition) is 3. The lowest BCUT2D eigenvalue weighted by atomic mass is 9.98. The molecule has 1 amide bonds. The molecule has 1 aliphatic rings. The van der Waals surface area contributed by atoms with Crippen LogP contribution in [0.15, 0.2) is 60.7 Å². The Kier molecular flexibility index (Phi) is 6.85. The van der Waals surface area contributed by atoms with Crippen LogP contribution in [-0.2, 0) is 19.4 Å². The van der Waals surface area contributed by atoms with Gasteiger partial charge in [0, 0.05) is 30.8 Å². The highest BCUT2D eigenvalue weighted by Gasteiger charge is 2.24.